The Kier molecular flexibility index (Phi) is 4.10. The average Bonchev–Trinajstić information content (AvgIpc) is 2.28. The van der Waals surface area contributed by atoms with E-state index in [9.17, 15) is 0 Å². The molecule has 5 heteroatoms. The van der Waals surface area contributed by atoms with Crippen LogP contribution in [0, 0.1) is 0 Å². The van der Waals surface area contributed by atoms with Gasteiger partial charge in [0.25, 0.3) is 0 Å². The highest BCUT2D eigenvalue weighted by Crippen LogP contribution is 2.38. The van der Waals surface area contributed by atoms with Crippen molar-refractivity contribution in [3.63, 3.8) is 0 Å². The highest BCUT2D eigenvalue weighted by atomic mass is 35.5. The number of halogens is 3. The van der Waals surface area contributed by atoms with Crippen LogP contribution in [0.3, 0.4) is 0 Å². The number of nitrogens with two attached hydrogens (primary N) is 1. The van der Waals surface area contributed by atoms with Crippen molar-refractivity contribution < 1.29 is 0 Å². The van der Waals surface area contributed by atoms with E-state index in [-0.39, 0.29) is 0 Å². The molecule has 0 saturated carbocycles. The Morgan fingerprint density at radius 1 is 0.824 bits per heavy atom. The van der Waals surface area contributed by atoms with Gasteiger partial charge < -0.3 is 5.73 Å². The van der Waals surface area contributed by atoms with Gasteiger partial charge in [-0.3, -0.25) is 0 Å². The molecule has 17 heavy (non-hydrogen) atoms. The molecule has 0 amide bonds. The predicted molar refractivity (Wildman–Crippen MR) is 76.4 cm³/mol. The quantitative estimate of drug-likeness (QED) is 0.754. The Bertz CT molecular complexity index is 508. The average molecular weight is 305 g/mol. The summed E-state index contributed by atoms with van der Waals surface area (Å²) in [7, 11) is 0. The Labute approximate surface area is 119 Å². The van der Waals surface area contributed by atoms with Crippen molar-refractivity contribution in [3.8, 4) is 0 Å². The van der Waals surface area contributed by atoms with Crippen LogP contribution in [0.1, 0.15) is 0 Å². The van der Waals surface area contributed by atoms with Crippen LogP contribution in [0.4, 0.5) is 5.69 Å². The molecule has 2 N–H and O–H groups in total. The molecule has 0 bridgehead atoms. The zero-order valence-electron chi connectivity index (χ0n) is 8.58. The number of hydrogen-bond acceptors (Lipinski definition) is 2. The zero-order valence-corrected chi connectivity index (χ0v) is 11.7. The molecule has 0 heterocycles. The molecule has 0 saturated heterocycles. The van der Waals surface area contributed by atoms with Crippen LogP contribution in [0.25, 0.3) is 0 Å². The van der Waals surface area contributed by atoms with Gasteiger partial charge in [0.15, 0.2) is 0 Å². The molecule has 0 aliphatic rings. The molecule has 2 aromatic carbocycles. The van der Waals surface area contributed by atoms with Crippen LogP contribution in [-0.4, -0.2) is 0 Å². The van der Waals surface area contributed by atoms with Gasteiger partial charge in [-0.05, 0) is 36.4 Å². The van der Waals surface area contributed by atoms with E-state index in [1.807, 2.05) is 0 Å². The van der Waals surface area contributed by atoms with Crippen molar-refractivity contribution in [1.29, 1.82) is 0 Å². The topological polar surface area (TPSA) is 26.0 Å². The molecule has 88 valence electrons. The van der Waals surface area contributed by atoms with Gasteiger partial charge in [0.1, 0.15) is 0 Å². The molecule has 0 aromatic heterocycles. The van der Waals surface area contributed by atoms with E-state index in [2.05, 4.69) is 0 Å². The van der Waals surface area contributed by atoms with Crippen molar-refractivity contribution in [3.05, 3.63) is 51.5 Å². The Balaban J connectivity index is 2.37. The maximum atomic E-state index is 6.08. The summed E-state index contributed by atoms with van der Waals surface area (Å²) in [5, 5.41) is 1.91. The van der Waals surface area contributed by atoms with Crippen molar-refractivity contribution in [2.45, 2.75) is 9.79 Å². The fraction of sp³-hybridized carbons (Fsp3) is 0. The maximum Gasteiger partial charge on any atom is 0.0546 e. The molecule has 0 fully saturated rings. The van der Waals surface area contributed by atoms with E-state index in [4.69, 9.17) is 40.5 Å². The summed E-state index contributed by atoms with van der Waals surface area (Å²) >= 11 is 19.4. The smallest absolute Gasteiger partial charge is 0.0546 e. The van der Waals surface area contributed by atoms with Crippen molar-refractivity contribution >= 4 is 52.3 Å². The molecule has 2 rings (SSSR count). The molecule has 1 nitrogen and oxygen atoms in total. The van der Waals surface area contributed by atoms with Gasteiger partial charge in [-0.2, -0.15) is 0 Å². The number of benzene rings is 2. The molecule has 0 radical (unpaired) electrons. The minimum atomic E-state index is 0.637. The lowest BCUT2D eigenvalue weighted by molar-refractivity contribution is 1.41. The van der Waals surface area contributed by atoms with Crippen LogP contribution >= 0.6 is 46.6 Å². The lowest BCUT2D eigenvalue weighted by atomic mass is 10.3. The van der Waals surface area contributed by atoms with Crippen LogP contribution in [0.15, 0.2) is 46.2 Å². The normalized spacial score (nSPS) is 10.5. The molecule has 0 unspecified atom stereocenters. The molecule has 0 spiro atoms. The summed E-state index contributed by atoms with van der Waals surface area (Å²) in [4.78, 5) is 1.72. The molecule has 2 aromatic rings. The summed E-state index contributed by atoms with van der Waals surface area (Å²) < 4.78 is 0. The molecular weight excluding hydrogens is 297 g/mol. The lowest BCUT2D eigenvalue weighted by Crippen LogP contribution is -1.88. The second-order valence-corrected chi connectivity index (χ2v) is 5.72. The maximum absolute atomic E-state index is 6.08. The molecule has 0 aliphatic carbocycles. The van der Waals surface area contributed by atoms with Crippen LogP contribution in [0.5, 0.6) is 0 Å². The first-order valence-electron chi connectivity index (χ1n) is 4.74. The monoisotopic (exact) mass is 303 g/mol. The SMILES string of the molecule is Nc1ccc(Cl)cc1Sc1cc(Cl)ccc1Cl. The van der Waals surface area contributed by atoms with Gasteiger partial charge in [0, 0.05) is 25.5 Å². The molecule has 0 atom stereocenters. The van der Waals surface area contributed by atoms with Crippen molar-refractivity contribution in [2.24, 2.45) is 0 Å². The van der Waals surface area contributed by atoms with E-state index < -0.39 is 0 Å². The highest BCUT2D eigenvalue weighted by Gasteiger charge is 2.07. The van der Waals surface area contributed by atoms with Gasteiger partial charge in [0.05, 0.1) is 5.02 Å². The summed E-state index contributed by atoms with van der Waals surface area (Å²) in [6.45, 7) is 0. The number of hydrogen-bond donors (Lipinski definition) is 1. The third-order valence-electron chi connectivity index (χ3n) is 2.09. The summed E-state index contributed by atoms with van der Waals surface area (Å²) in [5.74, 6) is 0. The number of nitrogen functional groups attached to an aromatic ring is 1. The Morgan fingerprint density at radius 2 is 1.41 bits per heavy atom. The highest BCUT2D eigenvalue weighted by molar-refractivity contribution is 7.99. The Hall–Kier alpha value is -0.540. The third-order valence-corrected chi connectivity index (χ3v) is 4.13. The fourth-order valence-electron chi connectivity index (χ4n) is 1.27. The first-order valence-corrected chi connectivity index (χ1v) is 6.69. The summed E-state index contributed by atoms with van der Waals surface area (Å²) in [6, 6.07) is 10.6. The van der Waals surface area contributed by atoms with Crippen molar-refractivity contribution in [1.82, 2.24) is 0 Å². The third kappa shape index (κ3) is 3.23. The largest absolute Gasteiger partial charge is 0.398 e. The second kappa shape index (κ2) is 5.40. The minimum absolute atomic E-state index is 0.637. The van der Waals surface area contributed by atoms with Crippen LogP contribution in [0.2, 0.25) is 15.1 Å². The van der Waals surface area contributed by atoms with Gasteiger partial charge in [-0.1, -0.05) is 46.6 Å². The summed E-state index contributed by atoms with van der Waals surface area (Å²) in [6.07, 6.45) is 0. The minimum Gasteiger partial charge on any atom is -0.398 e. The van der Waals surface area contributed by atoms with E-state index in [0.717, 1.165) is 9.79 Å². The first-order chi connectivity index (χ1) is 8.06. The van der Waals surface area contributed by atoms with Gasteiger partial charge in [-0.25, -0.2) is 0 Å². The van der Waals surface area contributed by atoms with E-state index in [1.54, 1.807) is 36.4 Å². The lowest BCUT2D eigenvalue weighted by Gasteiger charge is -2.07. The van der Waals surface area contributed by atoms with E-state index in [1.165, 1.54) is 11.8 Å². The van der Waals surface area contributed by atoms with Gasteiger partial charge in [-0.15, -0.1) is 0 Å². The van der Waals surface area contributed by atoms with Gasteiger partial charge in [0.2, 0.25) is 0 Å². The second-order valence-electron chi connectivity index (χ2n) is 3.36. The fourth-order valence-corrected chi connectivity index (χ4v) is 2.94. The predicted octanol–water partition coefficient (Wildman–Crippen LogP) is 5.38. The van der Waals surface area contributed by atoms with Crippen LogP contribution in [-0.2, 0) is 0 Å². The van der Waals surface area contributed by atoms with E-state index in [0.29, 0.717) is 20.8 Å². The standard InChI is InChI=1S/C12H8Cl3NS/c13-7-1-3-9(15)11(5-7)17-12-6-8(14)2-4-10(12)16/h1-6H,16H2. The summed E-state index contributed by atoms with van der Waals surface area (Å²) in [5.41, 5.74) is 6.53. The number of rotatable bonds is 2. The Morgan fingerprint density at radius 3 is 2.12 bits per heavy atom. The zero-order chi connectivity index (χ0) is 12.4. The van der Waals surface area contributed by atoms with Crippen molar-refractivity contribution in [2.75, 3.05) is 5.73 Å². The molecular formula is C12H8Cl3NS. The first kappa shape index (κ1) is 12.9. The number of anilines is 1. The van der Waals surface area contributed by atoms with Gasteiger partial charge >= 0.3 is 0 Å². The molecule has 0 aliphatic heterocycles. The van der Waals surface area contributed by atoms with Crippen LogP contribution < -0.4 is 5.73 Å². The van der Waals surface area contributed by atoms with E-state index >= 15 is 0 Å².